The summed E-state index contributed by atoms with van der Waals surface area (Å²) in [6, 6.07) is 9.08. The number of hydrogen-bond acceptors (Lipinski definition) is 4. The number of carboxylic acids is 2. The second-order valence-corrected chi connectivity index (χ2v) is 6.80. The normalized spacial score (nSPS) is 11.8. The van der Waals surface area contributed by atoms with Gasteiger partial charge in [0.15, 0.2) is 5.78 Å². The Balaban J connectivity index is 2.07. The Morgan fingerprint density at radius 1 is 1.00 bits per heavy atom. The van der Waals surface area contributed by atoms with Crippen molar-refractivity contribution in [3.63, 3.8) is 0 Å². The third-order valence-corrected chi connectivity index (χ3v) is 4.86. The van der Waals surface area contributed by atoms with Crippen molar-refractivity contribution in [2.75, 3.05) is 11.5 Å². The van der Waals surface area contributed by atoms with E-state index in [0.29, 0.717) is 5.56 Å². The molecule has 27 heavy (non-hydrogen) atoms. The monoisotopic (exact) mass is 394 g/mol. The molecular formula is C19H16F2O5S. The number of thioether (sulfide) groups is 1. The van der Waals surface area contributed by atoms with Gasteiger partial charge in [-0.2, -0.15) is 0 Å². The van der Waals surface area contributed by atoms with Crippen LogP contribution in [0.15, 0.2) is 42.5 Å². The predicted molar refractivity (Wildman–Crippen MR) is 96.8 cm³/mol. The number of aliphatic carboxylic acids is 2. The Morgan fingerprint density at radius 2 is 1.67 bits per heavy atom. The lowest BCUT2D eigenvalue weighted by molar-refractivity contribution is -0.141. The zero-order valence-electron chi connectivity index (χ0n) is 14.0. The number of carboxylic acid groups (broad SMARTS) is 2. The summed E-state index contributed by atoms with van der Waals surface area (Å²) in [5.74, 6) is -5.30. The molecule has 0 aliphatic heterocycles. The van der Waals surface area contributed by atoms with Gasteiger partial charge in [-0.15, -0.1) is 11.8 Å². The van der Waals surface area contributed by atoms with Gasteiger partial charge < -0.3 is 10.2 Å². The predicted octanol–water partition coefficient (Wildman–Crippen LogP) is 3.72. The average Bonchev–Trinajstić information content (AvgIpc) is 2.60. The minimum Gasteiger partial charge on any atom is -0.481 e. The molecule has 5 nitrogen and oxygen atoms in total. The van der Waals surface area contributed by atoms with Crippen molar-refractivity contribution in [3.05, 3.63) is 59.7 Å². The fourth-order valence-electron chi connectivity index (χ4n) is 2.41. The van der Waals surface area contributed by atoms with Crippen molar-refractivity contribution in [1.29, 1.82) is 0 Å². The van der Waals surface area contributed by atoms with Crippen LogP contribution in [0.25, 0.3) is 11.1 Å². The van der Waals surface area contributed by atoms with E-state index in [2.05, 4.69) is 0 Å². The zero-order chi connectivity index (χ0) is 20.0. The molecule has 0 spiro atoms. The molecule has 0 saturated carbocycles. The summed E-state index contributed by atoms with van der Waals surface area (Å²) in [4.78, 5) is 34.1. The maximum Gasteiger partial charge on any atom is 0.313 e. The Labute approximate surface area is 158 Å². The summed E-state index contributed by atoms with van der Waals surface area (Å²) in [5, 5.41) is 17.8. The van der Waals surface area contributed by atoms with E-state index in [4.69, 9.17) is 5.11 Å². The molecule has 2 aromatic rings. The molecule has 8 heteroatoms. The molecule has 0 fully saturated rings. The van der Waals surface area contributed by atoms with Crippen LogP contribution in [-0.2, 0) is 9.59 Å². The lowest BCUT2D eigenvalue weighted by Crippen LogP contribution is -2.21. The van der Waals surface area contributed by atoms with Gasteiger partial charge in [-0.1, -0.05) is 24.3 Å². The van der Waals surface area contributed by atoms with E-state index >= 15 is 0 Å². The average molecular weight is 394 g/mol. The molecule has 0 aliphatic carbocycles. The molecule has 1 unspecified atom stereocenters. The maximum atomic E-state index is 13.8. The Hall–Kier alpha value is -2.74. The van der Waals surface area contributed by atoms with Gasteiger partial charge in [-0.25, -0.2) is 8.78 Å². The molecule has 0 saturated heterocycles. The van der Waals surface area contributed by atoms with E-state index in [1.165, 1.54) is 30.3 Å². The van der Waals surface area contributed by atoms with Crippen molar-refractivity contribution in [1.82, 2.24) is 0 Å². The van der Waals surface area contributed by atoms with Crippen molar-refractivity contribution in [2.24, 2.45) is 5.92 Å². The fourth-order valence-corrected chi connectivity index (χ4v) is 3.24. The van der Waals surface area contributed by atoms with E-state index in [1.54, 1.807) is 0 Å². The molecule has 0 bridgehead atoms. The SMILES string of the molecule is O=C(O)CSCC(CC(=O)c1ccc(-c2ccc(F)cc2F)cc1)C(=O)O. The van der Waals surface area contributed by atoms with Gasteiger partial charge in [-0.3, -0.25) is 14.4 Å². The number of hydrogen-bond donors (Lipinski definition) is 2. The summed E-state index contributed by atoms with van der Waals surface area (Å²) in [6.45, 7) is 0. The molecule has 0 heterocycles. The van der Waals surface area contributed by atoms with Gasteiger partial charge in [0.2, 0.25) is 0 Å². The summed E-state index contributed by atoms with van der Waals surface area (Å²) < 4.78 is 26.8. The number of rotatable bonds is 9. The number of benzene rings is 2. The first-order valence-corrected chi connectivity index (χ1v) is 9.04. The van der Waals surface area contributed by atoms with Crippen LogP contribution in [0.4, 0.5) is 8.78 Å². The molecule has 1 atom stereocenters. The fraction of sp³-hybridized carbons (Fsp3) is 0.211. The van der Waals surface area contributed by atoms with Crippen LogP contribution in [0.3, 0.4) is 0 Å². The highest BCUT2D eigenvalue weighted by Gasteiger charge is 2.22. The second kappa shape index (κ2) is 9.27. The Bertz CT molecular complexity index is 852. The largest absolute Gasteiger partial charge is 0.481 e. The van der Waals surface area contributed by atoms with Gasteiger partial charge in [0, 0.05) is 29.4 Å². The highest BCUT2D eigenvalue weighted by atomic mass is 32.2. The number of halogens is 2. The topological polar surface area (TPSA) is 91.7 Å². The molecule has 0 aromatic heterocycles. The molecule has 2 N–H and O–H groups in total. The first-order valence-electron chi connectivity index (χ1n) is 7.89. The minimum atomic E-state index is -1.17. The third kappa shape index (κ3) is 5.89. The van der Waals surface area contributed by atoms with E-state index in [-0.39, 0.29) is 29.1 Å². The number of Topliss-reactive ketones (excluding diaryl/α,β-unsaturated/α-hetero) is 1. The summed E-state index contributed by atoms with van der Waals surface area (Å²) in [7, 11) is 0. The zero-order valence-corrected chi connectivity index (χ0v) is 14.8. The van der Waals surface area contributed by atoms with Gasteiger partial charge in [-0.05, 0) is 17.7 Å². The summed E-state index contributed by atoms with van der Waals surface area (Å²) >= 11 is 0.933. The number of ketones is 1. The van der Waals surface area contributed by atoms with Crippen LogP contribution in [0, 0.1) is 17.6 Å². The minimum absolute atomic E-state index is 0.00620. The molecule has 0 aliphatic rings. The van der Waals surface area contributed by atoms with Crippen LogP contribution in [-0.4, -0.2) is 39.4 Å². The molecule has 0 amide bonds. The quantitative estimate of drug-likeness (QED) is 0.630. The summed E-state index contributed by atoms with van der Waals surface area (Å²) in [5.41, 5.74) is 0.899. The molecule has 2 aromatic carbocycles. The highest BCUT2D eigenvalue weighted by Crippen LogP contribution is 2.24. The van der Waals surface area contributed by atoms with Crippen LogP contribution in [0.2, 0.25) is 0 Å². The van der Waals surface area contributed by atoms with Crippen LogP contribution in [0.5, 0.6) is 0 Å². The third-order valence-electron chi connectivity index (χ3n) is 3.77. The first kappa shape index (κ1) is 20.6. The van der Waals surface area contributed by atoms with Crippen molar-refractivity contribution < 1.29 is 33.4 Å². The standard InChI is InChI=1S/C19H16F2O5S/c20-14-5-6-15(16(21)8-14)11-1-3-12(4-2-11)17(22)7-13(19(25)26)9-27-10-18(23)24/h1-6,8,13H,7,9-10H2,(H,23,24)(H,25,26). The first-order chi connectivity index (χ1) is 12.8. The van der Waals surface area contributed by atoms with Gasteiger partial charge in [0.25, 0.3) is 0 Å². The van der Waals surface area contributed by atoms with Crippen LogP contribution in [0.1, 0.15) is 16.8 Å². The molecule has 142 valence electrons. The van der Waals surface area contributed by atoms with E-state index in [1.807, 2.05) is 0 Å². The summed E-state index contributed by atoms with van der Waals surface area (Å²) in [6.07, 6.45) is -0.272. The van der Waals surface area contributed by atoms with E-state index in [9.17, 15) is 28.3 Å². The van der Waals surface area contributed by atoms with Crippen LogP contribution >= 0.6 is 11.8 Å². The van der Waals surface area contributed by atoms with Gasteiger partial charge in [0.05, 0.1) is 11.7 Å². The lowest BCUT2D eigenvalue weighted by Gasteiger charge is -2.11. The van der Waals surface area contributed by atoms with Gasteiger partial charge >= 0.3 is 11.9 Å². The van der Waals surface area contributed by atoms with E-state index in [0.717, 1.165) is 23.9 Å². The molecular weight excluding hydrogens is 378 g/mol. The van der Waals surface area contributed by atoms with Crippen molar-refractivity contribution >= 4 is 29.5 Å². The molecule has 0 radical (unpaired) electrons. The lowest BCUT2D eigenvalue weighted by atomic mass is 9.97. The second-order valence-electron chi connectivity index (χ2n) is 5.77. The number of carbonyl (C=O) groups is 3. The van der Waals surface area contributed by atoms with E-state index < -0.39 is 35.3 Å². The Morgan fingerprint density at radius 3 is 2.22 bits per heavy atom. The van der Waals surface area contributed by atoms with Crippen molar-refractivity contribution in [3.8, 4) is 11.1 Å². The molecule has 2 rings (SSSR count). The smallest absolute Gasteiger partial charge is 0.313 e. The number of carbonyl (C=O) groups excluding carboxylic acids is 1. The van der Waals surface area contributed by atoms with Gasteiger partial charge in [0.1, 0.15) is 11.6 Å². The highest BCUT2D eigenvalue weighted by molar-refractivity contribution is 7.99. The Kier molecular flexibility index (Phi) is 7.06. The van der Waals surface area contributed by atoms with Crippen LogP contribution < -0.4 is 0 Å². The van der Waals surface area contributed by atoms with Crippen molar-refractivity contribution in [2.45, 2.75) is 6.42 Å². The maximum absolute atomic E-state index is 13.8.